The zero-order valence-corrected chi connectivity index (χ0v) is 21.7. The molecule has 0 unspecified atom stereocenters. The highest BCUT2D eigenvalue weighted by atomic mass is 16.5. The van der Waals surface area contributed by atoms with Crippen molar-refractivity contribution in [3.63, 3.8) is 0 Å². The van der Waals surface area contributed by atoms with E-state index < -0.39 is 0 Å². The van der Waals surface area contributed by atoms with Gasteiger partial charge < -0.3 is 9.64 Å². The molecule has 0 atom stereocenters. The van der Waals surface area contributed by atoms with Crippen molar-refractivity contribution in [1.29, 1.82) is 0 Å². The molecular formula is C30H32N4O3. The molecule has 0 bridgehead atoms. The van der Waals surface area contributed by atoms with E-state index in [9.17, 15) is 9.59 Å². The smallest absolute Gasteiger partial charge is 0.254 e. The van der Waals surface area contributed by atoms with E-state index in [0.717, 1.165) is 33.6 Å². The van der Waals surface area contributed by atoms with Gasteiger partial charge >= 0.3 is 0 Å². The Morgan fingerprint density at radius 1 is 0.865 bits per heavy atom. The summed E-state index contributed by atoms with van der Waals surface area (Å²) < 4.78 is 7.04. The normalized spacial score (nSPS) is 10.8. The molecule has 0 aliphatic carbocycles. The lowest BCUT2D eigenvalue weighted by Gasteiger charge is -2.22. The van der Waals surface area contributed by atoms with Crippen LogP contribution in [0.25, 0.3) is 16.9 Å². The number of amides is 2. The van der Waals surface area contributed by atoms with Crippen LogP contribution < -0.4 is 5.32 Å². The summed E-state index contributed by atoms with van der Waals surface area (Å²) in [7, 11) is 1.57. The fourth-order valence-corrected chi connectivity index (χ4v) is 3.90. The number of nitrogens with one attached hydrogen (secondary N) is 1. The average Bonchev–Trinajstić information content (AvgIpc) is 3.31. The molecule has 0 aliphatic rings. The molecule has 0 saturated heterocycles. The van der Waals surface area contributed by atoms with Gasteiger partial charge in [-0.2, -0.15) is 0 Å². The topological polar surface area (TPSA) is 76.5 Å². The average molecular weight is 497 g/mol. The van der Waals surface area contributed by atoms with Crippen LogP contribution in [0.15, 0.2) is 79.0 Å². The highest BCUT2D eigenvalue weighted by Crippen LogP contribution is 2.25. The maximum absolute atomic E-state index is 13.2. The lowest BCUT2D eigenvalue weighted by molar-refractivity contribution is -0.117. The number of ether oxygens (including phenoxy) is 1. The van der Waals surface area contributed by atoms with E-state index in [4.69, 9.17) is 9.72 Å². The molecular weight excluding hydrogens is 464 g/mol. The van der Waals surface area contributed by atoms with Crippen molar-refractivity contribution in [2.45, 2.75) is 20.8 Å². The van der Waals surface area contributed by atoms with Crippen LogP contribution in [0.5, 0.6) is 0 Å². The molecule has 4 aromatic rings. The lowest BCUT2D eigenvalue weighted by atomic mass is 10.1. The molecule has 0 saturated carbocycles. The van der Waals surface area contributed by atoms with Gasteiger partial charge in [-0.25, -0.2) is 4.98 Å². The third kappa shape index (κ3) is 6.51. The van der Waals surface area contributed by atoms with Gasteiger partial charge in [0.05, 0.1) is 12.3 Å². The van der Waals surface area contributed by atoms with Crippen molar-refractivity contribution in [3.8, 4) is 16.9 Å². The molecule has 7 heteroatoms. The van der Waals surface area contributed by atoms with E-state index in [2.05, 4.69) is 5.32 Å². The van der Waals surface area contributed by atoms with Gasteiger partial charge in [-0.1, -0.05) is 65.2 Å². The standard InChI is InChI=1S/C30H32N4O3/c1-21-5-11-24(12-6-21)27-19-34(26-15-9-23(3)10-16-26)30(31-27)32-28(35)20-33(17-18-37-4)29(36)25-13-7-22(2)8-14-25/h5-16,19H,17-18,20H2,1-4H3,(H,31,32,35). The number of methoxy groups -OCH3 is 1. The molecule has 1 N–H and O–H groups in total. The molecule has 1 heterocycles. The van der Waals surface area contributed by atoms with Crippen LogP contribution >= 0.6 is 0 Å². The van der Waals surface area contributed by atoms with Gasteiger partial charge in [0.25, 0.3) is 5.91 Å². The molecule has 1 aromatic heterocycles. The zero-order chi connectivity index (χ0) is 26.4. The number of rotatable bonds is 9. The fraction of sp³-hybridized carbons (Fsp3) is 0.233. The Balaban J connectivity index is 1.60. The SMILES string of the molecule is COCCN(CC(=O)Nc1nc(-c2ccc(C)cc2)cn1-c1ccc(C)cc1)C(=O)c1ccc(C)cc1. The number of benzene rings is 3. The Kier molecular flexibility index (Phi) is 8.15. The van der Waals surface area contributed by atoms with E-state index in [1.54, 1.807) is 19.2 Å². The first-order chi connectivity index (χ1) is 17.8. The minimum Gasteiger partial charge on any atom is -0.383 e. The fourth-order valence-electron chi connectivity index (χ4n) is 3.90. The monoisotopic (exact) mass is 496 g/mol. The van der Waals surface area contributed by atoms with Gasteiger partial charge in [0.1, 0.15) is 6.54 Å². The highest BCUT2D eigenvalue weighted by molar-refractivity contribution is 5.99. The molecule has 37 heavy (non-hydrogen) atoms. The van der Waals surface area contributed by atoms with E-state index >= 15 is 0 Å². The Morgan fingerprint density at radius 2 is 1.43 bits per heavy atom. The molecule has 4 rings (SSSR count). The molecule has 0 aliphatic heterocycles. The maximum atomic E-state index is 13.2. The Labute approximate surface area is 217 Å². The van der Waals surface area contributed by atoms with Gasteiger partial charge in [-0.05, 0) is 45.0 Å². The highest BCUT2D eigenvalue weighted by Gasteiger charge is 2.21. The van der Waals surface area contributed by atoms with Crippen LogP contribution in [-0.4, -0.2) is 53.1 Å². The molecule has 0 fully saturated rings. The van der Waals surface area contributed by atoms with Crippen LogP contribution in [0.3, 0.4) is 0 Å². The summed E-state index contributed by atoms with van der Waals surface area (Å²) in [6.45, 7) is 6.51. The number of nitrogens with zero attached hydrogens (tertiary/aromatic N) is 3. The van der Waals surface area contributed by atoms with Gasteiger partial charge in [0.15, 0.2) is 0 Å². The van der Waals surface area contributed by atoms with Gasteiger partial charge in [0.2, 0.25) is 11.9 Å². The number of aryl methyl sites for hydroxylation is 3. The number of hydrogen-bond acceptors (Lipinski definition) is 4. The third-order valence-corrected chi connectivity index (χ3v) is 6.10. The Bertz CT molecular complexity index is 1360. The summed E-state index contributed by atoms with van der Waals surface area (Å²) in [5, 5.41) is 2.93. The van der Waals surface area contributed by atoms with Gasteiger partial charge in [-0.15, -0.1) is 0 Å². The first-order valence-electron chi connectivity index (χ1n) is 12.2. The van der Waals surface area contributed by atoms with Gasteiger partial charge in [-0.3, -0.25) is 19.5 Å². The minimum atomic E-state index is -0.342. The minimum absolute atomic E-state index is 0.128. The first kappa shape index (κ1) is 25.9. The van der Waals surface area contributed by atoms with Crippen molar-refractivity contribution in [2.75, 3.05) is 32.1 Å². The number of aromatic nitrogens is 2. The zero-order valence-electron chi connectivity index (χ0n) is 21.7. The first-order valence-corrected chi connectivity index (χ1v) is 12.2. The second-order valence-electron chi connectivity index (χ2n) is 9.16. The summed E-state index contributed by atoms with van der Waals surface area (Å²) in [4.78, 5) is 32.6. The molecule has 190 valence electrons. The molecule has 0 radical (unpaired) electrons. The molecule has 3 aromatic carbocycles. The molecule has 2 amide bonds. The maximum Gasteiger partial charge on any atom is 0.254 e. The molecule has 0 spiro atoms. The van der Waals surface area contributed by atoms with Crippen molar-refractivity contribution >= 4 is 17.8 Å². The van der Waals surface area contributed by atoms with Crippen molar-refractivity contribution in [3.05, 3.63) is 101 Å². The number of anilines is 1. The van der Waals surface area contributed by atoms with Crippen molar-refractivity contribution in [2.24, 2.45) is 0 Å². The van der Waals surface area contributed by atoms with Gasteiger partial charge in [0, 0.05) is 36.7 Å². The second-order valence-corrected chi connectivity index (χ2v) is 9.16. The summed E-state index contributed by atoms with van der Waals surface area (Å²) in [5.41, 5.74) is 6.44. The van der Waals surface area contributed by atoms with Crippen LogP contribution in [-0.2, 0) is 9.53 Å². The molecule has 7 nitrogen and oxygen atoms in total. The van der Waals surface area contributed by atoms with Crippen LogP contribution in [0.1, 0.15) is 27.0 Å². The number of carbonyl (C=O) groups is 2. The van der Waals surface area contributed by atoms with E-state index in [0.29, 0.717) is 18.1 Å². The largest absolute Gasteiger partial charge is 0.383 e. The van der Waals surface area contributed by atoms with Crippen LogP contribution in [0, 0.1) is 20.8 Å². The summed E-state index contributed by atoms with van der Waals surface area (Å²) >= 11 is 0. The van der Waals surface area contributed by atoms with Crippen molar-refractivity contribution < 1.29 is 14.3 Å². The lowest BCUT2D eigenvalue weighted by Crippen LogP contribution is -2.40. The van der Waals surface area contributed by atoms with Crippen LogP contribution in [0.2, 0.25) is 0 Å². The predicted octanol–water partition coefficient (Wildman–Crippen LogP) is 5.19. The summed E-state index contributed by atoms with van der Waals surface area (Å²) in [5.74, 6) is -0.181. The Hall–Kier alpha value is -4.23. The van der Waals surface area contributed by atoms with E-state index in [-0.39, 0.29) is 24.9 Å². The summed E-state index contributed by atoms with van der Waals surface area (Å²) in [6, 6.07) is 23.4. The Morgan fingerprint density at radius 3 is 2.03 bits per heavy atom. The van der Waals surface area contributed by atoms with Crippen LogP contribution in [0.4, 0.5) is 5.95 Å². The third-order valence-electron chi connectivity index (χ3n) is 6.10. The van der Waals surface area contributed by atoms with E-state index in [1.807, 2.05) is 92.2 Å². The number of hydrogen-bond donors (Lipinski definition) is 1. The number of carbonyl (C=O) groups excluding carboxylic acids is 2. The quantitative estimate of drug-likeness (QED) is 0.346. The predicted molar refractivity (Wildman–Crippen MR) is 146 cm³/mol. The number of imidazole rings is 1. The summed E-state index contributed by atoms with van der Waals surface area (Å²) in [6.07, 6.45) is 1.91. The second kappa shape index (κ2) is 11.7. The van der Waals surface area contributed by atoms with E-state index in [1.165, 1.54) is 4.90 Å². The van der Waals surface area contributed by atoms with Crippen molar-refractivity contribution in [1.82, 2.24) is 14.5 Å².